The van der Waals surface area contributed by atoms with Gasteiger partial charge in [0.05, 0.1) is 4.70 Å². The van der Waals surface area contributed by atoms with Gasteiger partial charge in [0.25, 0.3) is 5.24 Å². The monoisotopic (exact) mass is 224 g/mol. The lowest BCUT2D eigenvalue weighted by Gasteiger charge is -1.97. The van der Waals surface area contributed by atoms with Crippen molar-refractivity contribution in [2.45, 2.75) is 0 Å². The predicted octanol–water partition coefficient (Wildman–Crippen LogP) is 3.19. The first kappa shape index (κ1) is 9.48. The van der Waals surface area contributed by atoms with Gasteiger partial charge in [-0.1, -0.05) is 23.9 Å². The minimum atomic E-state index is -0.0824. The van der Waals surface area contributed by atoms with Crippen LogP contribution >= 0.6 is 23.3 Å². The molecule has 72 valence electrons. The van der Waals surface area contributed by atoms with E-state index in [1.165, 1.54) is 11.5 Å². The minimum Gasteiger partial charge on any atom is -0.300 e. The van der Waals surface area contributed by atoms with Crippen LogP contribution in [0.3, 0.4) is 0 Å². The van der Waals surface area contributed by atoms with Gasteiger partial charge in [-0.05, 0) is 29.9 Å². The maximum atomic E-state index is 11.1. The number of amides is 1. The Morgan fingerprint density at radius 2 is 2.29 bits per heavy atom. The molecule has 1 aromatic heterocycles. The van der Waals surface area contributed by atoms with Crippen molar-refractivity contribution in [3.63, 3.8) is 0 Å². The van der Waals surface area contributed by atoms with Crippen LogP contribution in [0.2, 0.25) is 0 Å². The van der Waals surface area contributed by atoms with E-state index in [-0.39, 0.29) is 5.24 Å². The SMILES string of the molecule is CSC(=O)Nc1nsc2ccccc12. The third-order valence-electron chi connectivity index (χ3n) is 1.78. The van der Waals surface area contributed by atoms with Crippen LogP contribution in [0.5, 0.6) is 0 Å². The quantitative estimate of drug-likeness (QED) is 0.808. The summed E-state index contributed by atoms with van der Waals surface area (Å²) in [4.78, 5) is 11.1. The smallest absolute Gasteiger partial charge is 0.284 e. The molecule has 1 N–H and O–H groups in total. The van der Waals surface area contributed by atoms with Gasteiger partial charge in [-0.2, -0.15) is 4.37 Å². The first-order valence-corrected chi connectivity index (χ1v) is 6.00. The number of anilines is 1. The molecule has 0 aliphatic rings. The zero-order valence-electron chi connectivity index (χ0n) is 7.48. The molecule has 0 spiro atoms. The van der Waals surface area contributed by atoms with Crippen molar-refractivity contribution in [2.75, 3.05) is 11.6 Å². The van der Waals surface area contributed by atoms with Crippen LogP contribution in [0.4, 0.5) is 10.6 Å². The second kappa shape index (κ2) is 3.98. The van der Waals surface area contributed by atoms with Crippen LogP contribution in [0.25, 0.3) is 10.1 Å². The highest BCUT2D eigenvalue weighted by Gasteiger charge is 2.07. The highest BCUT2D eigenvalue weighted by Crippen LogP contribution is 2.26. The molecule has 3 nitrogen and oxygen atoms in total. The van der Waals surface area contributed by atoms with Crippen molar-refractivity contribution >= 4 is 44.4 Å². The summed E-state index contributed by atoms with van der Waals surface area (Å²) < 4.78 is 5.27. The molecule has 0 radical (unpaired) electrons. The lowest BCUT2D eigenvalue weighted by atomic mass is 10.3. The standard InChI is InChI=1S/C9H8N2OS2/c1-13-9(12)10-8-6-4-2-3-5-7(6)14-11-8/h2-5H,1H3,(H,10,11,12). The third-order valence-corrected chi connectivity index (χ3v) is 3.08. The molecule has 2 aromatic rings. The number of hydrogen-bond donors (Lipinski definition) is 1. The topological polar surface area (TPSA) is 42.0 Å². The Balaban J connectivity index is 2.38. The minimum absolute atomic E-state index is 0.0824. The lowest BCUT2D eigenvalue weighted by Crippen LogP contribution is -2.03. The molecule has 0 aliphatic carbocycles. The lowest BCUT2D eigenvalue weighted by molar-refractivity contribution is 0.270. The summed E-state index contributed by atoms with van der Waals surface area (Å²) in [5.41, 5.74) is 0. The Hall–Kier alpha value is -1.07. The van der Waals surface area contributed by atoms with E-state index in [1.807, 2.05) is 24.3 Å². The van der Waals surface area contributed by atoms with Crippen molar-refractivity contribution in [1.82, 2.24) is 4.37 Å². The van der Waals surface area contributed by atoms with Crippen LogP contribution in [-0.2, 0) is 0 Å². The van der Waals surface area contributed by atoms with Crippen molar-refractivity contribution in [3.8, 4) is 0 Å². The summed E-state index contributed by atoms with van der Waals surface area (Å²) in [5.74, 6) is 0.657. The van der Waals surface area contributed by atoms with Gasteiger partial charge in [-0.15, -0.1) is 0 Å². The molecule has 0 bridgehead atoms. The Morgan fingerprint density at radius 3 is 3.07 bits per heavy atom. The van der Waals surface area contributed by atoms with E-state index >= 15 is 0 Å². The van der Waals surface area contributed by atoms with Crippen LogP contribution in [0, 0.1) is 0 Å². The van der Waals surface area contributed by atoms with Crippen LogP contribution in [0.15, 0.2) is 24.3 Å². The van der Waals surface area contributed by atoms with Gasteiger partial charge in [-0.3, -0.25) is 4.79 Å². The van der Waals surface area contributed by atoms with E-state index < -0.39 is 0 Å². The zero-order chi connectivity index (χ0) is 9.97. The Bertz CT molecular complexity index is 467. The van der Waals surface area contributed by atoms with E-state index in [4.69, 9.17) is 0 Å². The summed E-state index contributed by atoms with van der Waals surface area (Å²) in [6, 6.07) is 7.84. The largest absolute Gasteiger partial charge is 0.300 e. The van der Waals surface area contributed by atoms with Crippen molar-refractivity contribution < 1.29 is 4.79 Å². The maximum Gasteiger partial charge on any atom is 0.284 e. The number of nitrogens with one attached hydrogen (secondary N) is 1. The number of benzene rings is 1. The fourth-order valence-corrected chi connectivity index (χ4v) is 2.06. The van der Waals surface area contributed by atoms with Crippen LogP contribution in [0.1, 0.15) is 0 Å². The molecule has 14 heavy (non-hydrogen) atoms. The van der Waals surface area contributed by atoms with Gasteiger partial charge >= 0.3 is 0 Å². The summed E-state index contributed by atoms with van der Waals surface area (Å²) in [7, 11) is 0. The van der Waals surface area contributed by atoms with Crippen molar-refractivity contribution in [2.24, 2.45) is 0 Å². The first-order valence-electron chi connectivity index (χ1n) is 4.00. The van der Waals surface area contributed by atoms with Crippen molar-refractivity contribution in [1.29, 1.82) is 0 Å². The molecule has 0 aliphatic heterocycles. The van der Waals surface area contributed by atoms with Crippen molar-refractivity contribution in [3.05, 3.63) is 24.3 Å². The highest BCUT2D eigenvalue weighted by molar-refractivity contribution is 8.13. The van der Waals surface area contributed by atoms with E-state index in [1.54, 1.807) is 6.26 Å². The average molecular weight is 224 g/mol. The van der Waals surface area contributed by atoms with Crippen LogP contribution in [-0.4, -0.2) is 15.9 Å². The van der Waals surface area contributed by atoms with E-state index in [9.17, 15) is 4.79 Å². The molecule has 0 unspecified atom stereocenters. The number of rotatable bonds is 1. The molecule has 1 amide bonds. The van der Waals surface area contributed by atoms with Gasteiger partial charge in [0.2, 0.25) is 0 Å². The van der Waals surface area contributed by atoms with Gasteiger partial charge in [0.15, 0.2) is 5.82 Å². The first-order chi connectivity index (χ1) is 6.81. The summed E-state index contributed by atoms with van der Waals surface area (Å²) >= 11 is 2.54. The van der Waals surface area contributed by atoms with Crippen LogP contribution < -0.4 is 5.32 Å². The van der Waals surface area contributed by atoms with Gasteiger partial charge in [0.1, 0.15) is 0 Å². The molecule has 5 heteroatoms. The third kappa shape index (κ3) is 1.73. The van der Waals surface area contributed by atoms with E-state index in [2.05, 4.69) is 9.69 Å². The molecule has 2 rings (SSSR count). The number of carbonyl (C=O) groups excluding carboxylic acids is 1. The van der Waals surface area contributed by atoms with Gasteiger partial charge in [0, 0.05) is 5.39 Å². The van der Waals surface area contributed by atoms with E-state index in [0.717, 1.165) is 21.8 Å². The molecule has 0 saturated carbocycles. The summed E-state index contributed by atoms with van der Waals surface area (Å²) in [5, 5.41) is 3.66. The summed E-state index contributed by atoms with van der Waals surface area (Å²) in [6.07, 6.45) is 1.74. The number of thioether (sulfide) groups is 1. The number of aromatic nitrogens is 1. The normalized spacial score (nSPS) is 10.4. The molecule has 0 atom stereocenters. The van der Waals surface area contributed by atoms with E-state index in [0.29, 0.717) is 5.82 Å². The van der Waals surface area contributed by atoms with Gasteiger partial charge in [-0.25, -0.2) is 0 Å². The molecule has 0 saturated heterocycles. The molecular formula is C9H8N2OS2. The average Bonchev–Trinajstić information content (AvgIpc) is 2.62. The zero-order valence-corrected chi connectivity index (χ0v) is 9.11. The fraction of sp³-hybridized carbons (Fsp3) is 0.111. The highest BCUT2D eigenvalue weighted by atomic mass is 32.2. The Labute approximate surface area is 89.7 Å². The van der Waals surface area contributed by atoms with Gasteiger partial charge < -0.3 is 5.32 Å². The second-order valence-electron chi connectivity index (χ2n) is 2.64. The predicted molar refractivity (Wildman–Crippen MR) is 62.2 cm³/mol. The molecule has 0 fully saturated rings. The fourth-order valence-electron chi connectivity index (χ4n) is 1.12. The Morgan fingerprint density at radius 1 is 1.50 bits per heavy atom. The maximum absolute atomic E-state index is 11.1. The Kier molecular flexibility index (Phi) is 2.69. The number of fused-ring (bicyclic) bond motifs is 1. The molecular weight excluding hydrogens is 216 g/mol. The molecule has 1 aromatic carbocycles. The number of hydrogen-bond acceptors (Lipinski definition) is 4. The number of carbonyl (C=O) groups is 1. The summed E-state index contributed by atoms with van der Waals surface area (Å²) in [6.45, 7) is 0. The molecule has 1 heterocycles. The number of nitrogens with zero attached hydrogens (tertiary/aromatic N) is 1. The second-order valence-corrected chi connectivity index (χ2v) is 4.23.